The molecule has 8 nitrogen and oxygen atoms in total. The number of esters is 1. The molecule has 0 aliphatic carbocycles. The molecule has 0 aliphatic heterocycles. The van der Waals surface area contributed by atoms with Crippen LogP contribution < -0.4 is 20.7 Å². The van der Waals surface area contributed by atoms with Crippen molar-refractivity contribution < 1.29 is 27.8 Å². The molecule has 0 aliphatic rings. The summed E-state index contributed by atoms with van der Waals surface area (Å²) < 4.78 is 26.6. The van der Waals surface area contributed by atoms with Crippen LogP contribution in [0.4, 0.5) is 0 Å². The molecule has 8 heteroatoms. The number of fused-ring (bicyclic) bond motifs is 2. The van der Waals surface area contributed by atoms with Gasteiger partial charge in [0.25, 0.3) is 0 Å². The molecule has 0 spiro atoms. The number of ether oxygens (including phenoxy) is 3. The number of rotatable bonds is 5. The summed E-state index contributed by atoms with van der Waals surface area (Å²) in [5.74, 6) is 0.361. The maximum Gasteiger partial charge on any atom is 0.344 e. The van der Waals surface area contributed by atoms with Crippen LogP contribution in [0.25, 0.3) is 33.1 Å². The number of carbonyl (C=O) groups is 1. The van der Waals surface area contributed by atoms with Gasteiger partial charge in [-0.1, -0.05) is 0 Å². The average molecular weight is 450 g/mol. The first-order valence-electron chi connectivity index (χ1n) is 10.2. The molecule has 0 N–H and O–H groups in total. The van der Waals surface area contributed by atoms with Gasteiger partial charge in [0.05, 0.1) is 12.7 Å². The van der Waals surface area contributed by atoms with Crippen molar-refractivity contribution in [2.24, 2.45) is 0 Å². The average Bonchev–Trinajstić information content (AvgIpc) is 2.74. The highest BCUT2D eigenvalue weighted by atomic mass is 16.6. The van der Waals surface area contributed by atoms with Crippen LogP contribution in [-0.2, 0) is 9.53 Å². The van der Waals surface area contributed by atoms with E-state index in [0.717, 1.165) is 0 Å². The Bertz CT molecular complexity index is 1470. The maximum atomic E-state index is 12.8. The van der Waals surface area contributed by atoms with Crippen LogP contribution >= 0.6 is 0 Å². The Balaban J connectivity index is 1.70. The van der Waals surface area contributed by atoms with Gasteiger partial charge in [-0.3, -0.25) is 0 Å². The second-order valence-corrected chi connectivity index (χ2v) is 8.36. The molecule has 2 aromatic heterocycles. The molecule has 33 heavy (non-hydrogen) atoms. The Hall–Kier alpha value is -4.07. The molecule has 4 aromatic rings. The standard InChI is InChI=1S/C25H22O8/c1-25(2,3)33-23(27)13-30-16-6-5-14-9-19(24(28)32-20(14)11-16)18-12-22(26)31-21-10-15(29-4)7-8-17(18)21/h5-12H,13H2,1-4H3. The third-order valence-electron chi connectivity index (χ3n) is 4.73. The van der Waals surface area contributed by atoms with Crippen LogP contribution in [0.1, 0.15) is 20.8 Å². The summed E-state index contributed by atoms with van der Waals surface area (Å²) in [6.07, 6.45) is 0. The molecular weight excluding hydrogens is 428 g/mol. The molecule has 0 amide bonds. The fraction of sp³-hybridized carbons (Fsp3) is 0.240. The van der Waals surface area contributed by atoms with Crippen molar-refractivity contribution in [3.05, 3.63) is 69.4 Å². The molecule has 0 saturated carbocycles. The third-order valence-corrected chi connectivity index (χ3v) is 4.73. The summed E-state index contributed by atoms with van der Waals surface area (Å²) in [5, 5.41) is 1.18. The molecule has 0 radical (unpaired) electrons. The zero-order valence-electron chi connectivity index (χ0n) is 18.6. The van der Waals surface area contributed by atoms with E-state index in [-0.39, 0.29) is 17.8 Å². The minimum Gasteiger partial charge on any atom is -0.497 e. The van der Waals surface area contributed by atoms with Crippen LogP contribution in [0.5, 0.6) is 11.5 Å². The first kappa shape index (κ1) is 22.1. The molecule has 170 valence electrons. The molecule has 2 aromatic carbocycles. The van der Waals surface area contributed by atoms with Crippen LogP contribution in [-0.4, -0.2) is 25.3 Å². The van der Waals surface area contributed by atoms with Crippen molar-refractivity contribution in [3.63, 3.8) is 0 Å². The van der Waals surface area contributed by atoms with E-state index in [2.05, 4.69) is 0 Å². The largest absolute Gasteiger partial charge is 0.497 e. The lowest BCUT2D eigenvalue weighted by atomic mass is 10.0. The monoisotopic (exact) mass is 450 g/mol. The summed E-state index contributed by atoms with van der Waals surface area (Å²) in [6.45, 7) is 5.02. The highest BCUT2D eigenvalue weighted by Gasteiger charge is 2.17. The highest BCUT2D eigenvalue weighted by Crippen LogP contribution is 2.30. The predicted octanol–water partition coefficient (Wildman–Crippen LogP) is 4.30. The van der Waals surface area contributed by atoms with Crippen molar-refractivity contribution in [2.75, 3.05) is 13.7 Å². The number of methoxy groups -OCH3 is 1. The SMILES string of the molecule is COc1ccc2c(-c3cc4ccc(OCC(=O)OC(C)(C)C)cc4oc3=O)cc(=O)oc2c1. The zero-order valence-corrected chi connectivity index (χ0v) is 18.6. The minimum absolute atomic E-state index is 0.216. The van der Waals surface area contributed by atoms with Gasteiger partial charge >= 0.3 is 17.2 Å². The van der Waals surface area contributed by atoms with E-state index in [0.29, 0.717) is 33.4 Å². The van der Waals surface area contributed by atoms with Gasteiger partial charge < -0.3 is 23.0 Å². The second kappa shape index (κ2) is 8.46. The predicted molar refractivity (Wildman–Crippen MR) is 122 cm³/mol. The van der Waals surface area contributed by atoms with Crippen molar-refractivity contribution >= 4 is 27.9 Å². The molecule has 0 saturated heterocycles. The third kappa shape index (κ3) is 4.90. The number of hydrogen-bond donors (Lipinski definition) is 0. The van der Waals surface area contributed by atoms with Gasteiger partial charge in [0, 0.05) is 34.5 Å². The van der Waals surface area contributed by atoms with Crippen LogP contribution in [0.3, 0.4) is 0 Å². The van der Waals surface area contributed by atoms with E-state index in [1.165, 1.54) is 19.2 Å². The number of hydrogen-bond acceptors (Lipinski definition) is 8. The van der Waals surface area contributed by atoms with Gasteiger partial charge in [-0.05, 0) is 51.1 Å². The van der Waals surface area contributed by atoms with Gasteiger partial charge in [0.1, 0.15) is 28.3 Å². The molecular formula is C25H22O8. The van der Waals surface area contributed by atoms with Crippen LogP contribution in [0.2, 0.25) is 0 Å². The summed E-state index contributed by atoms with van der Waals surface area (Å²) in [5.41, 5.74) is -0.665. The smallest absolute Gasteiger partial charge is 0.344 e. The van der Waals surface area contributed by atoms with Crippen molar-refractivity contribution in [3.8, 4) is 22.6 Å². The Morgan fingerprint density at radius 2 is 1.61 bits per heavy atom. The molecule has 0 unspecified atom stereocenters. The summed E-state index contributed by atoms with van der Waals surface area (Å²) in [7, 11) is 1.51. The van der Waals surface area contributed by atoms with E-state index >= 15 is 0 Å². The molecule has 0 atom stereocenters. The first-order valence-corrected chi connectivity index (χ1v) is 10.2. The Morgan fingerprint density at radius 1 is 0.879 bits per heavy atom. The topological polar surface area (TPSA) is 105 Å². The van der Waals surface area contributed by atoms with E-state index in [4.69, 9.17) is 23.0 Å². The number of carbonyl (C=O) groups excluding carboxylic acids is 1. The normalized spacial score (nSPS) is 11.5. The second-order valence-electron chi connectivity index (χ2n) is 8.36. The maximum absolute atomic E-state index is 12.8. The highest BCUT2D eigenvalue weighted by molar-refractivity contribution is 5.95. The fourth-order valence-corrected chi connectivity index (χ4v) is 3.38. The Morgan fingerprint density at radius 3 is 2.33 bits per heavy atom. The van der Waals surface area contributed by atoms with Crippen molar-refractivity contribution in [1.82, 2.24) is 0 Å². The summed E-state index contributed by atoms with van der Waals surface area (Å²) >= 11 is 0. The van der Waals surface area contributed by atoms with Gasteiger partial charge in [0.15, 0.2) is 6.61 Å². The van der Waals surface area contributed by atoms with Crippen LogP contribution in [0, 0.1) is 0 Å². The van der Waals surface area contributed by atoms with Gasteiger partial charge in [-0.25, -0.2) is 14.4 Å². The van der Waals surface area contributed by atoms with Gasteiger partial charge in [-0.2, -0.15) is 0 Å². The van der Waals surface area contributed by atoms with Crippen molar-refractivity contribution in [2.45, 2.75) is 26.4 Å². The number of benzene rings is 2. The fourth-order valence-electron chi connectivity index (χ4n) is 3.38. The Kier molecular flexibility index (Phi) is 5.68. The minimum atomic E-state index is -0.630. The quantitative estimate of drug-likeness (QED) is 0.327. The zero-order chi connectivity index (χ0) is 23.8. The van der Waals surface area contributed by atoms with E-state index in [1.807, 2.05) is 0 Å². The summed E-state index contributed by atoms with van der Waals surface area (Å²) in [6, 6.07) is 12.8. The lowest BCUT2D eigenvalue weighted by Crippen LogP contribution is -2.27. The summed E-state index contributed by atoms with van der Waals surface area (Å²) in [4.78, 5) is 36.8. The van der Waals surface area contributed by atoms with E-state index in [1.54, 1.807) is 57.2 Å². The lowest BCUT2D eigenvalue weighted by Gasteiger charge is -2.19. The van der Waals surface area contributed by atoms with Gasteiger partial charge in [-0.15, -0.1) is 0 Å². The lowest BCUT2D eigenvalue weighted by molar-refractivity contribution is -0.157. The van der Waals surface area contributed by atoms with Crippen LogP contribution in [0.15, 0.2) is 67.0 Å². The molecule has 0 bridgehead atoms. The molecule has 0 fully saturated rings. The van der Waals surface area contributed by atoms with Crippen molar-refractivity contribution in [1.29, 1.82) is 0 Å². The first-order chi connectivity index (χ1) is 15.6. The molecule has 4 rings (SSSR count). The van der Waals surface area contributed by atoms with E-state index < -0.39 is 22.8 Å². The van der Waals surface area contributed by atoms with Gasteiger partial charge in [0.2, 0.25) is 0 Å². The molecule has 2 heterocycles. The Labute approximate surface area is 188 Å². The van der Waals surface area contributed by atoms with E-state index in [9.17, 15) is 14.4 Å².